The summed E-state index contributed by atoms with van der Waals surface area (Å²) in [4.78, 5) is 0. The third-order valence-electron chi connectivity index (χ3n) is 3.86. The van der Waals surface area contributed by atoms with Gasteiger partial charge in [0.25, 0.3) is 0 Å². The molecule has 1 heterocycles. The second kappa shape index (κ2) is 4.02. The van der Waals surface area contributed by atoms with Gasteiger partial charge in [0.2, 0.25) is 18.4 Å². The lowest BCUT2D eigenvalue weighted by Crippen LogP contribution is -2.38. The first-order valence-electron chi connectivity index (χ1n) is 6.22. The van der Waals surface area contributed by atoms with Crippen LogP contribution in [0, 0.1) is 5.82 Å². The molecular weight excluding hydrogens is 237 g/mol. The molecule has 2 aliphatic rings. The molecule has 3 N–H and O–H groups in total. The highest BCUT2D eigenvalue weighted by Crippen LogP contribution is 2.47. The molecule has 1 aliphatic heterocycles. The minimum absolute atomic E-state index is 0.0179. The molecule has 1 aromatic rings. The Balaban J connectivity index is 2.09. The van der Waals surface area contributed by atoms with E-state index < -0.39 is 17.1 Å². The zero-order valence-electron chi connectivity index (χ0n) is 10.0. The van der Waals surface area contributed by atoms with Crippen molar-refractivity contribution in [3.8, 4) is 17.2 Å². The van der Waals surface area contributed by atoms with E-state index in [1.165, 1.54) is 0 Å². The van der Waals surface area contributed by atoms with Crippen molar-refractivity contribution in [3.63, 3.8) is 0 Å². The first-order chi connectivity index (χ1) is 8.62. The van der Waals surface area contributed by atoms with Crippen molar-refractivity contribution >= 4 is 0 Å². The van der Waals surface area contributed by atoms with E-state index in [2.05, 4.69) is 0 Å². The Bertz CT molecular complexity index is 484. The Morgan fingerprint density at radius 2 is 1.94 bits per heavy atom. The van der Waals surface area contributed by atoms with Crippen molar-refractivity contribution in [2.45, 2.75) is 37.6 Å². The van der Waals surface area contributed by atoms with Crippen LogP contribution in [0.1, 0.15) is 37.7 Å². The molecule has 1 aliphatic carbocycles. The minimum atomic E-state index is -0.768. The molecule has 0 unspecified atom stereocenters. The highest BCUT2D eigenvalue weighted by molar-refractivity contribution is 5.55. The smallest absolute Gasteiger partial charge is 0.231 e. The predicted molar refractivity (Wildman–Crippen MR) is 63.1 cm³/mol. The number of halogens is 1. The maximum atomic E-state index is 14.0. The number of phenolic OH excluding ortho intramolecular Hbond substituents is 1. The van der Waals surface area contributed by atoms with Gasteiger partial charge < -0.3 is 20.3 Å². The number of rotatable bonds is 1. The lowest BCUT2D eigenvalue weighted by Gasteiger charge is -2.34. The lowest BCUT2D eigenvalue weighted by atomic mass is 9.77. The SMILES string of the molecule is NC1(c2cc3c(c(F)c2O)OCO3)CCCCC1. The molecule has 0 radical (unpaired) electrons. The molecule has 5 heteroatoms. The Morgan fingerprint density at radius 3 is 2.67 bits per heavy atom. The van der Waals surface area contributed by atoms with E-state index in [4.69, 9.17) is 15.2 Å². The topological polar surface area (TPSA) is 64.7 Å². The number of benzene rings is 1. The van der Waals surface area contributed by atoms with Crippen molar-refractivity contribution < 1.29 is 19.0 Å². The molecule has 0 saturated heterocycles. The van der Waals surface area contributed by atoms with Crippen LogP contribution in [0.4, 0.5) is 4.39 Å². The third-order valence-corrected chi connectivity index (χ3v) is 3.86. The average Bonchev–Trinajstić information content (AvgIpc) is 2.83. The number of hydrogen-bond donors (Lipinski definition) is 2. The highest BCUT2D eigenvalue weighted by atomic mass is 19.1. The van der Waals surface area contributed by atoms with Crippen LogP contribution in [-0.4, -0.2) is 11.9 Å². The van der Waals surface area contributed by atoms with E-state index in [1.807, 2.05) is 0 Å². The minimum Gasteiger partial charge on any atom is -0.504 e. The summed E-state index contributed by atoms with van der Waals surface area (Å²) >= 11 is 0. The molecule has 0 atom stereocenters. The maximum Gasteiger partial charge on any atom is 0.231 e. The van der Waals surface area contributed by atoms with Crippen molar-refractivity contribution in [2.75, 3.05) is 6.79 Å². The van der Waals surface area contributed by atoms with Gasteiger partial charge in [0.15, 0.2) is 11.5 Å². The lowest BCUT2D eigenvalue weighted by molar-refractivity contribution is 0.170. The fourth-order valence-corrected chi connectivity index (χ4v) is 2.82. The van der Waals surface area contributed by atoms with Gasteiger partial charge in [-0.3, -0.25) is 0 Å². The molecule has 18 heavy (non-hydrogen) atoms. The summed E-state index contributed by atoms with van der Waals surface area (Å²) in [6.45, 7) is -0.0211. The van der Waals surface area contributed by atoms with E-state index in [0.29, 0.717) is 11.3 Å². The Morgan fingerprint density at radius 1 is 1.22 bits per heavy atom. The first-order valence-corrected chi connectivity index (χ1v) is 6.22. The quantitative estimate of drug-likeness (QED) is 0.806. The zero-order valence-corrected chi connectivity index (χ0v) is 10.0. The van der Waals surface area contributed by atoms with E-state index in [9.17, 15) is 9.50 Å². The van der Waals surface area contributed by atoms with Crippen LogP contribution in [-0.2, 0) is 5.54 Å². The summed E-state index contributed by atoms with van der Waals surface area (Å²) in [5.74, 6) is -0.856. The average molecular weight is 253 g/mol. The maximum absolute atomic E-state index is 14.0. The predicted octanol–water partition coefficient (Wildman–Crippen LogP) is 2.38. The van der Waals surface area contributed by atoms with Crippen molar-refractivity contribution in [3.05, 3.63) is 17.4 Å². The van der Waals surface area contributed by atoms with Crippen LogP contribution < -0.4 is 15.2 Å². The van der Waals surface area contributed by atoms with Crippen molar-refractivity contribution in [1.82, 2.24) is 0 Å². The van der Waals surface area contributed by atoms with E-state index in [0.717, 1.165) is 32.1 Å². The van der Waals surface area contributed by atoms with Crippen LogP contribution >= 0.6 is 0 Å². The summed E-state index contributed by atoms with van der Waals surface area (Å²) in [6.07, 6.45) is 4.62. The standard InChI is InChI=1S/C13H16FNO3/c14-10-11(16)8(6-9-12(10)18-7-17-9)13(15)4-2-1-3-5-13/h6,16H,1-5,7,15H2. The second-order valence-corrected chi connectivity index (χ2v) is 5.04. The molecule has 0 aromatic heterocycles. The first kappa shape index (κ1) is 11.6. The zero-order chi connectivity index (χ0) is 12.8. The largest absolute Gasteiger partial charge is 0.504 e. The molecule has 3 rings (SSSR count). The molecule has 1 fully saturated rings. The Hall–Kier alpha value is -1.49. The van der Waals surface area contributed by atoms with Gasteiger partial charge in [-0.1, -0.05) is 19.3 Å². The third kappa shape index (κ3) is 1.61. The molecule has 0 spiro atoms. The van der Waals surface area contributed by atoms with E-state index in [1.54, 1.807) is 6.07 Å². The summed E-state index contributed by atoms with van der Waals surface area (Å²) in [5, 5.41) is 9.99. The number of ether oxygens (including phenoxy) is 2. The summed E-state index contributed by atoms with van der Waals surface area (Å²) < 4.78 is 24.1. The van der Waals surface area contributed by atoms with Gasteiger partial charge in [0.05, 0.1) is 0 Å². The van der Waals surface area contributed by atoms with Gasteiger partial charge in [-0.15, -0.1) is 0 Å². The Labute approximate surface area is 105 Å². The van der Waals surface area contributed by atoms with Gasteiger partial charge in [-0.2, -0.15) is 4.39 Å². The van der Waals surface area contributed by atoms with Gasteiger partial charge >= 0.3 is 0 Å². The van der Waals surface area contributed by atoms with Crippen LogP contribution in [0.3, 0.4) is 0 Å². The van der Waals surface area contributed by atoms with Gasteiger partial charge in [0.1, 0.15) is 0 Å². The fourth-order valence-electron chi connectivity index (χ4n) is 2.82. The molecule has 0 bridgehead atoms. The van der Waals surface area contributed by atoms with E-state index in [-0.39, 0.29) is 12.5 Å². The van der Waals surface area contributed by atoms with E-state index >= 15 is 0 Å². The van der Waals surface area contributed by atoms with Crippen LogP contribution in [0.5, 0.6) is 17.2 Å². The van der Waals surface area contributed by atoms with Gasteiger partial charge in [0, 0.05) is 11.1 Å². The monoisotopic (exact) mass is 253 g/mol. The number of phenols is 1. The number of fused-ring (bicyclic) bond motifs is 1. The Kier molecular flexibility index (Phi) is 2.59. The highest BCUT2D eigenvalue weighted by Gasteiger charge is 2.36. The fraction of sp³-hybridized carbons (Fsp3) is 0.538. The molecule has 1 saturated carbocycles. The van der Waals surface area contributed by atoms with Crippen LogP contribution in [0.2, 0.25) is 0 Å². The van der Waals surface area contributed by atoms with Crippen LogP contribution in [0.25, 0.3) is 0 Å². The molecular formula is C13H16FNO3. The molecule has 98 valence electrons. The summed E-state index contributed by atoms with van der Waals surface area (Å²) in [5.41, 5.74) is 6.09. The molecule has 4 nitrogen and oxygen atoms in total. The number of aromatic hydroxyl groups is 1. The molecule has 0 amide bonds. The summed E-state index contributed by atoms with van der Waals surface area (Å²) in [6, 6.07) is 1.62. The van der Waals surface area contributed by atoms with Crippen molar-refractivity contribution in [1.29, 1.82) is 0 Å². The molecule has 1 aromatic carbocycles. The van der Waals surface area contributed by atoms with Gasteiger partial charge in [-0.25, -0.2) is 0 Å². The number of nitrogens with two attached hydrogens (primary N) is 1. The van der Waals surface area contributed by atoms with Crippen LogP contribution in [0.15, 0.2) is 6.07 Å². The number of hydrogen-bond acceptors (Lipinski definition) is 4. The second-order valence-electron chi connectivity index (χ2n) is 5.04. The summed E-state index contributed by atoms with van der Waals surface area (Å²) in [7, 11) is 0. The van der Waals surface area contributed by atoms with Crippen molar-refractivity contribution in [2.24, 2.45) is 5.73 Å². The van der Waals surface area contributed by atoms with Gasteiger partial charge in [-0.05, 0) is 18.9 Å². The normalized spacial score (nSPS) is 21.0.